The zero-order valence-corrected chi connectivity index (χ0v) is 10.3. The first-order valence-electron chi connectivity index (χ1n) is 5.68. The van der Waals surface area contributed by atoms with E-state index in [4.69, 9.17) is 0 Å². The van der Waals surface area contributed by atoms with E-state index in [9.17, 15) is 4.79 Å². The van der Waals surface area contributed by atoms with Crippen molar-refractivity contribution in [1.82, 2.24) is 0 Å². The molecule has 0 saturated carbocycles. The maximum Gasteiger partial charge on any atom is 0.193 e. The van der Waals surface area contributed by atoms with Crippen LogP contribution in [0.4, 0.5) is 0 Å². The smallest absolute Gasteiger partial charge is 0.193 e. The molecule has 90 valence electrons. The fourth-order valence-electron chi connectivity index (χ4n) is 1.35. The number of carbonyl (C=O) groups is 1. The van der Waals surface area contributed by atoms with Crippen LogP contribution in [0, 0.1) is 0 Å². The Morgan fingerprint density at radius 3 is 1.33 bits per heavy atom. The molecule has 18 heavy (non-hydrogen) atoms. The van der Waals surface area contributed by atoms with Gasteiger partial charge >= 0.3 is 0 Å². The van der Waals surface area contributed by atoms with Crippen LogP contribution in [-0.2, 0) is 0 Å². The molecule has 0 aromatic heterocycles. The van der Waals surface area contributed by atoms with Crippen LogP contribution in [0.15, 0.2) is 86.0 Å². The number of ketones is 1. The third kappa shape index (κ3) is 4.22. The van der Waals surface area contributed by atoms with Crippen molar-refractivity contribution in [2.24, 2.45) is 0 Å². The van der Waals surface area contributed by atoms with Gasteiger partial charge < -0.3 is 0 Å². The van der Waals surface area contributed by atoms with Crippen molar-refractivity contribution in [1.29, 1.82) is 0 Å². The summed E-state index contributed by atoms with van der Waals surface area (Å²) in [6, 6.07) is 18.6. The number of allylic oxidation sites excluding steroid dienone is 2. The number of carbonyl (C=O) groups excluding carboxylic acids is 1. The van der Waals surface area contributed by atoms with Gasteiger partial charge in [-0.15, -0.1) is 0 Å². The lowest BCUT2D eigenvalue weighted by Crippen LogP contribution is -1.99. The number of rotatable bonds is 3. The van der Waals surface area contributed by atoms with E-state index in [1.54, 1.807) is 12.2 Å². The zero-order chi connectivity index (χ0) is 13.2. The van der Waals surface area contributed by atoms with Gasteiger partial charge in [0, 0.05) is 11.1 Å². The van der Waals surface area contributed by atoms with Crippen molar-refractivity contribution >= 4 is 5.78 Å². The molecule has 0 heterocycles. The van der Waals surface area contributed by atoms with Gasteiger partial charge in [0.05, 0.1) is 0 Å². The van der Waals surface area contributed by atoms with Gasteiger partial charge in [-0.1, -0.05) is 86.0 Å². The third-order valence-electron chi connectivity index (χ3n) is 2.24. The maximum atomic E-state index is 11.8. The molecule has 0 spiro atoms. The van der Waals surface area contributed by atoms with Gasteiger partial charge in [-0.25, -0.2) is 0 Å². The lowest BCUT2D eigenvalue weighted by Gasteiger charge is -1.99. The molecule has 0 amide bonds. The van der Waals surface area contributed by atoms with Crippen molar-refractivity contribution in [3.8, 4) is 0 Å². The van der Waals surface area contributed by atoms with E-state index in [1.165, 1.54) is 0 Å². The summed E-state index contributed by atoms with van der Waals surface area (Å²) >= 11 is 0. The van der Waals surface area contributed by atoms with E-state index >= 15 is 0 Å². The SMILES string of the molecule is C=CC=C.O=C(c1ccccc1)c1ccccc1. The Morgan fingerprint density at radius 2 is 1.06 bits per heavy atom. The van der Waals surface area contributed by atoms with Crippen molar-refractivity contribution < 1.29 is 4.79 Å². The first-order valence-corrected chi connectivity index (χ1v) is 5.68. The molecule has 2 rings (SSSR count). The molecule has 0 atom stereocenters. The van der Waals surface area contributed by atoms with Crippen LogP contribution in [0.5, 0.6) is 0 Å². The highest BCUT2D eigenvalue weighted by Crippen LogP contribution is 2.08. The number of benzene rings is 2. The molecule has 2 aromatic carbocycles. The highest BCUT2D eigenvalue weighted by molar-refractivity contribution is 6.08. The highest BCUT2D eigenvalue weighted by Gasteiger charge is 2.06. The van der Waals surface area contributed by atoms with E-state index in [0.29, 0.717) is 0 Å². The molecule has 0 fully saturated rings. The van der Waals surface area contributed by atoms with Crippen LogP contribution < -0.4 is 0 Å². The Bertz CT molecular complexity index is 450. The second-order valence-corrected chi connectivity index (χ2v) is 3.53. The van der Waals surface area contributed by atoms with E-state index in [0.717, 1.165) is 11.1 Å². The maximum absolute atomic E-state index is 11.8. The number of hydrogen-bond donors (Lipinski definition) is 0. The summed E-state index contributed by atoms with van der Waals surface area (Å²) < 4.78 is 0. The van der Waals surface area contributed by atoms with Crippen LogP contribution in [0.2, 0.25) is 0 Å². The second-order valence-electron chi connectivity index (χ2n) is 3.53. The standard InChI is InChI=1S/C13H10O.C4H6/c14-13(11-7-3-1-4-8-11)12-9-5-2-6-10-12;1-3-4-2/h1-10H;3-4H,1-2H2. The van der Waals surface area contributed by atoms with E-state index in [2.05, 4.69) is 13.2 Å². The predicted octanol–water partition coefficient (Wildman–Crippen LogP) is 4.28. The lowest BCUT2D eigenvalue weighted by molar-refractivity contribution is 0.103. The molecule has 0 aliphatic carbocycles. The summed E-state index contributed by atoms with van der Waals surface area (Å²) in [6.45, 7) is 6.72. The first kappa shape index (κ1) is 13.7. The Labute approximate surface area is 108 Å². The van der Waals surface area contributed by atoms with Crippen LogP contribution >= 0.6 is 0 Å². The minimum Gasteiger partial charge on any atom is -0.289 e. The molecule has 2 aromatic rings. The quantitative estimate of drug-likeness (QED) is 0.574. The fourth-order valence-corrected chi connectivity index (χ4v) is 1.35. The normalized spacial score (nSPS) is 8.67. The highest BCUT2D eigenvalue weighted by atomic mass is 16.1. The zero-order valence-electron chi connectivity index (χ0n) is 10.3. The molecule has 0 unspecified atom stereocenters. The minimum absolute atomic E-state index is 0.0752. The van der Waals surface area contributed by atoms with Gasteiger partial charge in [0.15, 0.2) is 5.78 Å². The van der Waals surface area contributed by atoms with Gasteiger partial charge in [-0.2, -0.15) is 0 Å². The topological polar surface area (TPSA) is 17.1 Å². The molecule has 0 aliphatic rings. The Morgan fingerprint density at radius 1 is 0.722 bits per heavy atom. The summed E-state index contributed by atoms with van der Waals surface area (Å²) in [5.74, 6) is 0.0752. The summed E-state index contributed by atoms with van der Waals surface area (Å²) in [7, 11) is 0. The molecule has 1 nitrogen and oxygen atoms in total. The minimum atomic E-state index is 0.0752. The van der Waals surface area contributed by atoms with Crippen LogP contribution in [0.1, 0.15) is 15.9 Å². The molecule has 1 heteroatoms. The summed E-state index contributed by atoms with van der Waals surface area (Å²) in [6.07, 6.45) is 3.28. The Balaban J connectivity index is 0.000000357. The Hall–Kier alpha value is -2.41. The lowest BCUT2D eigenvalue weighted by atomic mass is 10.0. The number of hydrogen-bond acceptors (Lipinski definition) is 1. The van der Waals surface area contributed by atoms with Crippen molar-refractivity contribution in [2.45, 2.75) is 0 Å². The van der Waals surface area contributed by atoms with E-state index < -0.39 is 0 Å². The average molecular weight is 236 g/mol. The van der Waals surface area contributed by atoms with Gasteiger partial charge in [0.1, 0.15) is 0 Å². The van der Waals surface area contributed by atoms with Gasteiger partial charge in [-0.05, 0) is 0 Å². The monoisotopic (exact) mass is 236 g/mol. The van der Waals surface area contributed by atoms with Crippen LogP contribution in [0.25, 0.3) is 0 Å². The summed E-state index contributed by atoms with van der Waals surface area (Å²) in [5.41, 5.74) is 1.47. The second kappa shape index (κ2) is 7.80. The van der Waals surface area contributed by atoms with Crippen molar-refractivity contribution in [3.05, 3.63) is 97.1 Å². The molecule has 0 radical (unpaired) electrons. The molecule has 0 N–H and O–H groups in total. The average Bonchev–Trinajstić information content (AvgIpc) is 2.48. The third-order valence-corrected chi connectivity index (χ3v) is 2.24. The molecule has 0 saturated heterocycles. The van der Waals surface area contributed by atoms with Crippen molar-refractivity contribution in [2.75, 3.05) is 0 Å². The van der Waals surface area contributed by atoms with Gasteiger partial charge in [0.2, 0.25) is 0 Å². The summed E-state index contributed by atoms with van der Waals surface area (Å²) in [4.78, 5) is 11.8. The molecular formula is C17H16O. The predicted molar refractivity (Wildman–Crippen MR) is 76.7 cm³/mol. The fraction of sp³-hybridized carbons (Fsp3) is 0. The van der Waals surface area contributed by atoms with E-state index in [-0.39, 0.29) is 5.78 Å². The molecule has 0 aliphatic heterocycles. The van der Waals surface area contributed by atoms with Gasteiger partial charge in [-0.3, -0.25) is 4.79 Å². The first-order chi connectivity index (χ1) is 8.79. The Kier molecular flexibility index (Phi) is 5.91. The molecular weight excluding hydrogens is 220 g/mol. The summed E-state index contributed by atoms with van der Waals surface area (Å²) in [5, 5.41) is 0. The van der Waals surface area contributed by atoms with Gasteiger partial charge in [0.25, 0.3) is 0 Å². The van der Waals surface area contributed by atoms with Crippen LogP contribution in [-0.4, -0.2) is 5.78 Å². The van der Waals surface area contributed by atoms with Crippen LogP contribution in [0.3, 0.4) is 0 Å². The van der Waals surface area contributed by atoms with Crippen molar-refractivity contribution in [3.63, 3.8) is 0 Å². The molecule has 0 bridgehead atoms. The largest absolute Gasteiger partial charge is 0.289 e. The van der Waals surface area contributed by atoms with E-state index in [1.807, 2.05) is 60.7 Å².